The largest absolute Gasteiger partial charge is 0.484 e. The van der Waals surface area contributed by atoms with Gasteiger partial charge in [-0.1, -0.05) is 6.07 Å². The van der Waals surface area contributed by atoms with Gasteiger partial charge in [-0.25, -0.2) is 4.98 Å². The lowest BCUT2D eigenvalue weighted by Crippen LogP contribution is -2.42. The van der Waals surface area contributed by atoms with Gasteiger partial charge >= 0.3 is 0 Å². The maximum absolute atomic E-state index is 12.4. The van der Waals surface area contributed by atoms with Gasteiger partial charge in [-0.3, -0.25) is 9.59 Å². The minimum Gasteiger partial charge on any atom is -0.484 e. The van der Waals surface area contributed by atoms with E-state index in [2.05, 4.69) is 4.98 Å². The molecule has 2 aromatic rings. The number of likely N-dealkylation sites (tertiary alicyclic amines) is 1. The highest BCUT2D eigenvalue weighted by Gasteiger charge is 2.24. The van der Waals surface area contributed by atoms with Crippen molar-refractivity contribution in [2.75, 3.05) is 19.7 Å². The molecule has 1 atom stereocenters. The van der Waals surface area contributed by atoms with Crippen molar-refractivity contribution in [1.29, 1.82) is 0 Å². The zero-order valence-corrected chi connectivity index (χ0v) is 13.3. The predicted molar refractivity (Wildman–Crippen MR) is 87.5 cm³/mol. The minimum absolute atomic E-state index is 0.0567. The van der Waals surface area contributed by atoms with Gasteiger partial charge in [-0.05, 0) is 31.0 Å². The minimum atomic E-state index is -0.522. The van der Waals surface area contributed by atoms with Gasteiger partial charge in [-0.15, -0.1) is 0 Å². The van der Waals surface area contributed by atoms with Gasteiger partial charge in [0.05, 0.1) is 12.4 Å². The molecule has 1 aliphatic rings. The Morgan fingerprint density at radius 3 is 3.00 bits per heavy atom. The van der Waals surface area contributed by atoms with Gasteiger partial charge in [0.25, 0.3) is 5.91 Å². The third-order valence-corrected chi connectivity index (χ3v) is 4.18. The number of rotatable bonds is 5. The smallest absolute Gasteiger partial charge is 0.260 e. The van der Waals surface area contributed by atoms with Gasteiger partial charge in [0.1, 0.15) is 5.75 Å². The molecule has 1 unspecified atom stereocenters. The number of carbonyl (C=O) groups is 2. The molecule has 0 bridgehead atoms. The van der Waals surface area contributed by atoms with E-state index in [0.29, 0.717) is 17.9 Å². The number of aromatic nitrogens is 2. The molecule has 0 saturated carbocycles. The molecule has 1 saturated heterocycles. The van der Waals surface area contributed by atoms with Gasteiger partial charge in [-0.2, -0.15) is 0 Å². The summed E-state index contributed by atoms with van der Waals surface area (Å²) in [6, 6.07) is 6.78. The van der Waals surface area contributed by atoms with E-state index in [0.717, 1.165) is 19.4 Å². The highest BCUT2D eigenvalue weighted by atomic mass is 16.5. The number of piperidine rings is 1. The van der Waals surface area contributed by atoms with Crippen LogP contribution in [0, 0.1) is 0 Å². The van der Waals surface area contributed by atoms with Crippen molar-refractivity contribution in [2.24, 2.45) is 5.73 Å². The molecular weight excluding hydrogens is 308 g/mol. The number of ether oxygens (including phenoxy) is 1. The molecule has 1 aromatic heterocycles. The molecule has 126 valence electrons. The second kappa shape index (κ2) is 7.16. The SMILES string of the molecule is NC(=O)c1cccc(OCC(=O)N2CCCC(n3ccnc3)C2)c1. The van der Waals surface area contributed by atoms with Crippen LogP contribution in [0.2, 0.25) is 0 Å². The summed E-state index contributed by atoms with van der Waals surface area (Å²) in [7, 11) is 0. The fourth-order valence-corrected chi connectivity index (χ4v) is 2.89. The molecule has 0 aliphatic carbocycles. The fourth-order valence-electron chi connectivity index (χ4n) is 2.89. The monoisotopic (exact) mass is 328 g/mol. The van der Waals surface area contributed by atoms with Gasteiger partial charge in [0, 0.05) is 31.0 Å². The summed E-state index contributed by atoms with van der Waals surface area (Å²) >= 11 is 0. The lowest BCUT2D eigenvalue weighted by molar-refractivity contribution is -0.135. The van der Waals surface area contributed by atoms with Crippen molar-refractivity contribution in [3.63, 3.8) is 0 Å². The summed E-state index contributed by atoms with van der Waals surface area (Å²) in [6.07, 6.45) is 7.43. The quantitative estimate of drug-likeness (QED) is 0.893. The molecule has 3 rings (SSSR count). The van der Waals surface area contributed by atoms with Crippen LogP contribution in [-0.4, -0.2) is 46.0 Å². The molecule has 7 heteroatoms. The van der Waals surface area contributed by atoms with E-state index in [4.69, 9.17) is 10.5 Å². The standard InChI is InChI=1S/C17H20N4O3/c18-17(23)13-3-1-5-15(9-13)24-11-16(22)20-7-2-4-14(10-20)21-8-6-19-12-21/h1,3,5-6,8-9,12,14H,2,4,7,10-11H2,(H2,18,23). The Morgan fingerprint density at radius 1 is 1.38 bits per heavy atom. The van der Waals surface area contributed by atoms with Crippen molar-refractivity contribution < 1.29 is 14.3 Å². The van der Waals surface area contributed by atoms with Crippen LogP contribution in [0.25, 0.3) is 0 Å². The lowest BCUT2D eigenvalue weighted by atomic mass is 10.1. The van der Waals surface area contributed by atoms with Gasteiger partial charge < -0.3 is 19.9 Å². The average molecular weight is 328 g/mol. The molecule has 7 nitrogen and oxygen atoms in total. The summed E-state index contributed by atoms with van der Waals surface area (Å²) in [5.74, 6) is -0.127. The first-order chi connectivity index (χ1) is 11.6. The van der Waals surface area contributed by atoms with E-state index >= 15 is 0 Å². The third kappa shape index (κ3) is 3.73. The topological polar surface area (TPSA) is 90.5 Å². The van der Waals surface area contributed by atoms with E-state index in [1.807, 2.05) is 15.7 Å². The molecule has 0 radical (unpaired) electrons. The van der Waals surface area contributed by atoms with E-state index in [1.165, 1.54) is 0 Å². The zero-order valence-electron chi connectivity index (χ0n) is 13.3. The summed E-state index contributed by atoms with van der Waals surface area (Å²) in [5, 5.41) is 0. The van der Waals surface area contributed by atoms with Crippen LogP contribution in [0.5, 0.6) is 5.75 Å². The number of nitrogens with zero attached hydrogens (tertiary/aromatic N) is 3. The number of hydrogen-bond acceptors (Lipinski definition) is 4. The number of imidazole rings is 1. The molecule has 1 aromatic carbocycles. The summed E-state index contributed by atoms with van der Waals surface area (Å²) < 4.78 is 7.56. The van der Waals surface area contributed by atoms with E-state index in [-0.39, 0.29) is 18.6 Å². The van der Waals surface area contributed by atoms with Crippen molar-refractivity contribution in [3.05, 3.63) is 48.5 Å². The summed E-state index contributed by atoms with van der Waals surface area (Å²) in [6.45, 7) is 1.33. The first-order valence-electron chi connectivity index (χ1n) is 7.91. The Balaban J connectivity index is 1.57. The second-order valence-corrected chi connectivity index (χ2v) is 5.83. The van der Waals surface area contributed by atoms with Gasteiger partial charge in [0.2, 0.25) is 5.91 Å². The van der Waals surface area contributed by atoms with Crippen LogP contribution >= 0.6 is 0 Å². The lowest BCUT2D eigenvalue weighted by Gasteiger charge is -2.33. The second-order valence-electron chi connectivity index (χ2n) is 5.83. The average Bonchev–Trinajstić information content (AvgIpc) is 3.15. The summed E-state index contributed by atoms with van der Waals surface area (Å²) in [5.41, 5.74) is 5.60. The molecule has 2 N–H and O–H groups in total. The number of carbonyl (C=O) groups excluding carboxylic acids is 2. The molecule has 0 spiro atoms. The van der Waals surface area contributed by atoms with Crippen LogP contribution in [-0.2, 0) is 4.79 Å². The van der Waals surface area contributed by atoms with Crippen LogP contribution in [0.1, 0.15) is 29.2 Å². The van der Waals surface area contributed by atoms with Gasteiger partial charge in [0.15, 0.2) is 6.61 Å². The van der Waals surface area contributed by atoms with Crippen LogP contribution in [0.4, 0.5) is 0 Å². The number of amides is 2. The first-order valence-corrected chi connectivity index (χ1v) is 7.91. The highest BCUT2D eigenvalue weighted by Crippen LogP contribution is 2.21. The maximum Gasteiger partial charge on any atom is 0.260 e. The molecule has 2 amide bonds. The molecule has 1 fully saturated rings. The summed E-state index contributed by atoms with van der Waals surface area (Å²) in [4.78, 5) is 29.4. The Kier molecular flexibility index (Phi) is 4.79. The number of nitrogens with two attached hydrogens (primary N) is 1. The number of benzene rings is 1. The molecule has 2 heterocycles. The van der Waals surface area contributed by atoms with Crippen LogP contribution < -0.4 is 10.5 Å². The molecule has 24 heavy (non-hydrogen) atoms. The Hall–Kier alpha value is -2.83. The van der Waals surface area contributed by atoms with Crippen molar-refractivity contribution in [3.8, 4) is 5.75 Å². The van der Waals surface area contributed by atoms with E-state index in [1.54, 1.807) is 36.8 Å². The van der Waals surface area contributed by atoms with Crippen molar-refractivity contribution in [1.82, 2.24) is 14.5 Å². The normalized spacial score (nSPS) is 17.5. The first kappa shape index (κ1) is 16.0. The third-order valence-electron chi connectivity index (χ3n) is 4.18. The fraction of sp³-hybridized carbons (Fsp3) is 0.353. The number of primary amides is 1. The Morgan fingerprint density at radius 2 is 2.25 bits per heavy atom. The zero-order chi connectivity index (χ0) is 16.9. The van der Waals surface area contributed by atoms with E-state index in [9.17, 15) is 9.59 Å². The Labute approximate surface area is 140 Å². The predicted octanol–water partition coefficient (Wildman–Crippen LogP) is 1.22. The highest BCUT2D eigenvalue weighted by molar-refractivity contribution is 5.93. The molecule has 1 aliphatic heterocycles. The van der Waals surface area contributed by atoms with Crippen LogP contribution in [0.3, 0.4) is 0 Å². The van der Waals surface area contributed by atoms with Crippen molar-refractivity contribution in [2.45, 2.75) is 18.9 Å². The van der Waals surface area contributed by atoms with E-state index < -0.39 is 5.91 Å². The Bertz CT molecular complexity index is 714. The maximum atomic E-state index is 12.4. The van der Waals surface area contributed by atoms with Crippen LogP contribution in [0.15, 0.2) is 43.0 Å². The number of hydrogen-bond donors (Lipinski definition) is 1. The molecular formula is C17H20N4O3. The van der Waals surface area contributed by atoms with Crippen molar-refractivity contribution >= 4 is 11.8 Å².